The molecule has 1 N–H and O–H groups in total. The minimum atomic E-state index is -0.933. The first-order chi connectivity index (χ1) is 7.47. The average molecular weight is 228 g/mol. The zero-order valence-electron chi connectivity index (χ0n) is 9.47. The fraction of sp³-hybridized carbons (Fsp3) is 0.364. The summed E-state index contributed by atoms with van der Waals surface area (Å²) in [6.07, 6.45) is 0. The Balaban J connectivity index is 2.91. The van der Waals surface area contributed by atoms with Gasteiger partial charge in [-0.05, 0) is 26.0 Å². The number of benzene rings is 1. The predicted octanol–water partition coefficient (Wildman–Crippen LogP) is 2.76. The van der Waals surface area contributed by atoms with Crippen molar-refractivity contribution in [3.05, 3.63) is 29.3 Å². The Bertz CT molecular complexity index is 407. The van der Waals surface area contributed by atoms with Gasteiger partial charge < -0.3 is 10.2 Å². The lowest BCUT2D eigenvalue weighted by Gasteiger charge is -2.16. The summed E-state index contributed by atoms with van der Waals surface area (Å²) >= 11 is 0. The van der Waals surface area contributed by atoms with E-state index in [1.165, 1.54) is 17.9 Å². The monoisotopic (exact) mass is 228 g/mol. The molecule has 0 aliphatic rings. The molecule has 0 saturated heterocycles. The summed E-state index contributed by atoms with van der Waals surface area (Å²) in [7, 11) is 1.62. The summed E-state index contributed by atoms with van der Waals surface area (Å²) < 4.78 is 26.0. The fourth-order valence-corrected chi connectivity index (χ4v) is 1.14. The molecule has 0 radical (unpaired) electrons. The Morgan fingerprint density at radius 1 is 1.44 bits per heavy atom. The van der Waals surface area contributed by atoms with E-state index in [1.54, 1.807) is 7.05 Å². The maximum Gasteiger partial charge on any atom is 0.321 e. The molecule has 2 amide bonds. The summed E-state index contributed by atoms with van der Waals surface area (Å²) in [6, 6.07) is 1.98. The maximum absolute atomic E-state index is 13.2. The molecule has 0 spiro atoms. The maximum atomic E-state index is 13.2. The van der Waals surface area contributed by atoms with Gasteiger partial charge in [-0.15, -0.1) is 0 Å². The molecule has 5 heteroatoms. The first kappa shape index (κ1) is 12.4. The number of hydrogen-bond acceptors (Lipinski definition) is 1. The minimum Gasteiger partial charge on any atom is -0.328 e. The minimum absolute atomic E-state index is 0.0952. The Morgan fingerprint density at radius 3 is 2.62 bits per heavy atom. The van der Waals surface area contributed by atoms with Gasteiger partial charge in [-0.3, -0.25) is 0 Å². The SMILES string of the molecule is CCN(C)C(=O)Nc1ccc(F)c(F)c1C. The van der Waals surface area contributed by atoms with E-state index in [0.717, 1.165) is 6.07 Å². The molecule has 88 valence electrons. The molecule has 16 heavy (non-hydrogen) atoms. The lowest BCUT2D eigenvalue weighted by Crippen LogP contribution is -2.31. The van der Waals surface area contributed by atoms with Crippen molar-refractivity contribution >= 4 is 11.7 Å². The van der Waals surface area contributed by atoms with Gasteiger partial charge in [0.15, 0.2) is 11.6 Å². The summed E-state index contributed by atoms with van der Waals surface area (Å²) in [5, 5.41) is 2.51. The van der Waals surface area contributed by atoms with E-state index < -0.39 is 11.6 Å². The van der Waals surface area contributed by atoms with E-state index in [1.807, 2.05) is 6.92 Å². The Labute approximate surface area is 93.1 Å². The zero-order valence-corrected chi connectivity index (χ0v) is 9.47. The standard InChI is InChI=1S/C11H14F2N2O/c1-4-15(3)11(16)14-9-6-5-8(12)10(13)7(9)2/h5-6H,4H2,1-3H3,(H,14,16). The largest absolute Gasteiger partial charge is 0.328 e. The predicted molar refractivity (Wildman–Crippen MR) is 58.4 cm³/mol. The molecular formula is C11H14F2N2O. The second-order valence-electron chi connectivity index (χ2n) is 3.48. The van der Waals surface area contributed by atoms with Gasteiger partial charge in [0.05, 0.1) is 0 Å². The fourth-order valence-electron chi connectivity index (χ4n) is 1.14. The normalized spacial score (nSPS) is 10.1. The van der Waals surface area contributed by atoms with Crippen LogP contribution in [0.15, 0.2) is 12.1 Å². The van der Waals surface area contributed by atoms with Crippen molar-refractivity contribution in [1.29, 1.82) is 0 Å². The molecule has 0 aliphatic carbocycles. The highest BCUT2D eigenvalue weighted by atomic mass is 19.2. The number of rotatable bonds is 2. The van der Waals surface area contributed by atoms with Crippen molar-refractivity contribution < 1.29 is 13.6 Å². The highest BCUT2D eigenvalue weighted by Crippen LogP contribution is 2.20. The number of anilines is 1. The Morgan fingerprint density at radius 2 is 2.06 bits per heavy atom. The molecule has 0 heterocycles. The number of nitrogens with zero attached hydrogens (tertiary/aromatic N) is 1. The summed E-state index contributed by atoms with van der Waals surface area (Å²) in [6.45, 7) is 3.77. The third kappa shape index (κ3) is 2.48. The van der Waals surface area contributed by atoms with E-state index in [0.29, 0.717) is 6.54 Å². The van der Waals surface area contributed by atoms with Crippen LogP contribution in [0.4, 0.5) is 19.3 Å². The number of carbonyl (C=O) groups is 1. The third-order valence-corrected chi connectivity index (χ3v) is 2.40. The van der Waals surface area contributed by atoms with Crippen LogP contribution in [0.25, 0.3) is 0 Å². The first-order valence-corrected chi connectivity index (χ1v) is 4.94. The van der Waals surface area contributed by atoms with Crippen LogP contribution in [-0.2, 0) is 0 Å². The van der Waals surface area contributed by atoms with Gasteiger partial charge >= 0.3 is 6.03 Å². The number of amides is 2. The van der Waals surface area contributed by atoms with E-state index in [2.05, 4.69) is 5.32 Å². The van der Waals surface area contributed by atoms with Crippen molar-refractivity contribution in [1.82, 2.24) is 4.90 Å². The molecule has 1 rings (SSSR count). The van der Waals surface area contributed by atoms with Gasteiger partial charge in [0, 0.05) is 24.8 Å². The van der Waals surface area contributed by atoms with Crippen molar-refractivity contribution in [2.45, 2.75) is 13.8 Å². The van der Waals surface area contributed by atoms with Gasteiger partial charge in [-0.2, -0.15) is 0 Å². The number of halogens is 2. The first-order valence-electron chi connectivity index (χ1n) is 4.94. The van der Waals surface area contributed by atoms with Crippen molar-refractivity contribution in [3.8, 4) is 0 Å². The lowest BCUT2D eigenvalue weighted by molar-refractivity contribution is 0.224. The lowest BCUT2D eigenvalue weighted by atomic mass is 10.2. The second-order valence-corrected chi connectivity index (χ2v) is 3.48. The quantitative estimate of drug-likeness (QED) is 0.829. The Kier molecular flexibility index (Phi) is 3.82. The molecule has 0 fully saturated rings. The van der Waals surface area contributed by atoms with Gasteiger partial charge in [0.2, 0.25) is 0 Å². The van der Waals surface area contributed by atoms with Crippen LogP contribution in [-0.4, -0.2) is 24.5 Å². The molecule has 0 saturated carbocycles. The smallest absolute Gasteiger partial charge is 0.321 e. The number of nitrogens with one attached hydrogen (secondary N) is 1. The molecule has 1 aromatic rings. The molecule has 3 nitrogen and oxygen atoms in total. The molecular weight excluding hydrogens is 214 g/mol. The molecule has 0 bridgehead atoms. The number of carbonyl (C=O) groups excluding carboxylic acids is 1. The van der Waals surface area contributed by atoms with Gasteiger partial charge in [0.25, 0.3) is 0 Å². The van der Waals surface area contributed by atoms with E-state index in [4.69, 9.17) is 0 Å². The van der Waals surface area contributed by atoms with Crippen molar-refractivity contribution in [3.63, 3.8) is 0 Å². The van der Waals surface area contributed by atoms with Crippen LogP contribution < -0.4 is 5.32 Å². The van der Waals surface area contributed by atoms with Crippen molar-refractivity contribution in [2.75, 3.05) is 18.9 Å². The van der Waals surface area contributed by atoms with E-state index in [9.17, 15) is 13.6 Å². The molecule has 1 aromatic carbocycles. The van der Waals surface area contributed by atoms with Crippen LogP contribution in [0.3, 0.4) is 0 Å². The number of hydrogen-bond donors (Lipinski definition) is 1. The average Bonchev–Trinajstić information content (AvgIpc) is 2.28. The van der Waals surface area contributed by atoms with Crippen LogP contribution in [0.2, 0.25) is 0 Å². The third-order valence-electron chi connectivity index (χ3n) is 2.40. The van der Waals surface area contributed by atoms with E-state index in [-0.39, 0.29) is 17.3 Å². The topological polar surface area (TPSA) is 32.3 Å². The van der Waals surface area contributed by atoms with Crippen molar-refractivity contribution in [2.24, 2.45) is 0 Å². The molecule has 0 aliphatic heterocycles. The van der Waals surface area contributed by atoms with Crippen LogP contribution in [0.1, 0.15) is 12.5 Å². The van der Waals surface area contributed by atoms with Crippen LogP contribution >= 0.6 is 0 Å². The van der Waals surface area contributed by atoms with Crippen LogP contribution in [0, 0.1) is 18.6 Å². The molecule has 0 unspecified atom stereocenters. The summed E-state index contributed by atoms with van der Waals surface area (Å²) in [5.41, 5.74) is 0.377. The molecule has 0 aromatic heterocycles. The number of urea groups is 1. The highest BCUT2D eigenvalue weighted by Gasteiger charge is 2.13. The second kappa shape index (κ2) is 4.92. The highest BCUT2D eigenvalue weighted by molar-refractivity contribution is 5.89. The summed E-state index contributed by atoms with van der Waals surface area (Å²) in [4.78, 5) is 12.9. The van der Waals surface area contributed by atoms with Gasteiger partial charge in [-0.1, -0.05) is 0 Å². The van der Waals surface area contributed by atoms with Gasteiger partial charge in [0.1, 0.15) is 0 Å². The molecule has 0 atom stereocenters. The zero-order chi connectivity index (χ0) is 12.3. The summed E-state index contributed by atoms with van der Waals surface area (Å²) in [5.74, 6) is -1.85. The van der Waals surface area contributed by atoms with Gasteiger partial charge in [-0.25, -0.2) is 13.6 Å². The van der Waals surface area contributed by atoms with E-state index >= 15 is 0 Å². The Hall–Kier alpha value is -1.65. The van der Waals surface area contributed by atoms with Crippen LogP contribution in [0.5, 0.6) is 0 Å².